The normalized spacial score (nSPS) is 12.0. The Hall–Kier alpha value is -4.09. The van der Waals surface area contributed by atoms with Crippen molar-refractivity contribution in [2.24, 2.45) is 4.99 Å². The van der Waals surface area contributed by atoms with Gasteiger partial charge in [-0.3, -0.25) is 4.99 Å². The molecule has 0 radical (unpaired) electrons. The number of aliphatic carboxylic acids is 2. The first kappa shape index (κ1) is 21.2. The monoisotopic (exact) mass is 401 g/mol. The van der Waals surface area contributed by atoms with Crippen molar-refractivity contribution < 1.29 is 24.5 Å². The van der Waals surface area contributed by atoms with Crippen LogP contribution < -0.4 is 11.5 Å². The Morgan fingerprint density at radius 1 is 1.28 bits per heavy atom. The molecule has 2 aromatic rings. The molecule has 0 saturated carbocycles. The summed E-state index contributed by atoms with van der Waals surface area (Å²) in [5.41, 5.74) is 12.3. The Morgan fingerprint density at radius 2 is 2.00 bits per heavy atom. The number of allylic oxidation sites excluding steroid dienone is 1. The van der Waals surface area contributed by atoms with Crippen LogP contribution in [-0.4, -0.2) is 54.4 Å². The van der Waals surface area contributed by atoms with Crippen LogP contribution in [0.5, 0.6) is 0 Å². The average molecular weight is 401 g/mol. The number of nitrogens with two attached hydrogens (primary N) is 2. The molecule has 0 aromatic carbocycles. The molecule has 0 amide bonds. The number of nitrogen functional groups attached to an aromatic ring is 2. The smallest absolute Gasteiger partial charge is 0.341 e. The van der Waals surface area contributed by atoms with E-state index >= 15 is 0 Å². The highest BCUT2D eigenvalue weighted by Crippen LogP contribution is 2.15. The van der Waals surface area contributed by atoms with Crippen LogP contribution in [0.25, 0.3) is 11.2 Å². The Bertz CT molecular complexity index is 1030. The third kappa shape index (κ3) is 5.69. The number of rotatable bonds is 9. The molecule has 2 rings (SSSR count). The largest absolute Gasteiger partial charge is 0.481 e. The first-order chi connectivity index (χ1) is 13.7. The molecule has 12 nitrogen and oxygen atoms in total. The van der Waals surface area contributed by atoms with Gasteiger partial charge in [-0.05, 0) is 6.42 Å². The maximum atomic E-state index is 11.2. The fourth-order valence-electron chi connectivity index (χ4n) is 2.11. The third-order valence-corrected chi connectivity index (χ3v) is 3.51. The zero-order valence-corrected chi connectivity index (χ0v) is 15.5. The summed E-state index contributed by atoms with van der Waals surface area (Å²) in [7, 11) is 0. The van der Waals surface area contributed by atoms with E-state index in [0.717, 1.165) is 0 Å². The van der Waals surface area contributed by atoms with E-state index in [4.69, 9.17) is 26.4 Å². The maximum absolute atomic E-state index is 11.2. The summed E-state index contributed by atoms with van der Waals surface area (Å²) < 4.78 is 5.02. The van der Waals surface area contributed by atoms with Gasteiger partial charge in [0.25, 0.3) is 0 Å². The number of carboxylic acids is 2. The lowest BCUT2D eigenvalue weighted by molar-refractivity contribution is -0.141. The number of fused-ring (bicyclic) bond motifs is 1. The summed E-state index contributed by atoms with van der Waals surface area (Å²) >= 11 is 0. The van der Waals surface area contributed by atoms with Crippen LogP contribution in [0.15, 0.2) is 35.2 Å². The van der Waals surface area contributed by atoms with Crippen LogP contribution in [-0.2, 0) is 20.9 Å². The highest BCUT2D eigenvalue weighted by Gasteiger charge is 2.15. The van der Waals surface area contributed by atoms with E-state index in [2.05, 4.69) is 31.5 Å². The standard InChI is InChI=1S/C17H19N7O5/c1-3-9(4-11(8(2)16(27)28)29-7-12(25)26)20-5-10-6-21-15-13(22-10)14(18)23-17(19)24-15/h4,6H,2-3,5,7H2,1H3,(H,25,26)(H,27,28)(H4,18,19,21,23,24)/b11-4+,20-9?. The van der Waals surface area contributed by atoms with Gasteiger partial charge >= 0.3 is 11.9 Å². The minimum Gasteiger partial charge on any atom is -0.481 e. The van der Waals surface area contributed by atoms with Crippen molar-refractivity contribution in [3.05, 3.63) is 35.9 Å². The van der Waals surface area contributed by atoms with Crippen molar-refractivity contribution in [2.45, 2.75) is 19.9 Å². The van der Waals surface area contributed by atoms with Gasteiger partial charge < -0.3 is 26.4 Å². The predicted molar refractivity (Wildman–Crippen MR) is 104 cm³/mol. The summed E-state index contributed by atoms with van der Waals surface area (Å²) in [5.74, 6) is -2.72. The molecule has 0 fully saturated rings. The molecule has 12 heteroatoms. The summed E-state index contributed by atoms with van der Waals surface area (Å²) in [5, 5.41) is 17.8. The molecule has 0 bridgehead atoms. The lowest BCUT2D eigenvalue weighted by Gasteiger charge is -2.09. The highest BCUT2D eigenvalue weighted by molar-refractivity contribution is 5.99. The second-order valence-electron chi connectivity index (χ2n) is 5.64. The number of aromatic nitrogens is 4. The lowest BCUT2D eigenvalue weighted by Crippen LogP contribution is -2.12. The number of hydrogen-bond donors (Lipinski definition) is 4. The van der Waals surface area contributed by atoms with Gasteiger partial charge in [0.15, 0.2) is 23.6 Å². The van der Waals surface area contributed by atoms with Gasteiger partial charge in [-0.1, -0.05) is 13.5 Å². The van der Waals surface area contributed by atoms with E-state index < -0.39 is 18.5 Å². The first-order valence-electron chi connectivity index (χ1n) is 8.28. The Labute approximate surface area is 164 Å². The summed E-state index contributed by atoms with van der Waals surface area (Å²) in [6, 6.07) is 0. The third-order valence-electron chi connectivity index (χ3n) is 3.51. The molecule has 0 aliphatic rings. The fourth-order valence-corrected chi connectivity index (χ4v) is 2.11. The molecule has 29 heavy (non-hydrogen) atoms. The van der Waals surface area contributed by atoms with Gasteiger partial charge in [-0.15, -0.1) is 0 Å². The van der Waals surface area contributed by atoms with Crippen molar-refractivity contribution in [1.29, 1.82) is 0 Å². The van der Waals surface area contributed by atoms with Crippen molar-refractivity contribution >= 4 is 40.6 Å². The maximum Gasteiger partial charge on any atom is 0.341 e. The Kier molecular flexibility index (Phi) is 6.74. The molecule has 2 heterocycles. The zero-order valence-electron chi connectivity index (χ0n) is 15.5. The molecular formula is C17H19N7O5. The van der Waals surface area contributed by atoms with E-state index in [1.165, 1.54) is 12.3 Å². The lowest BCUT2D eigenvalue weighted by atomic mass is 10.2. The second kappa shape index (κ2) is 9.21. The highest BCUT2D eigenvalue weighted by atomic mass is 16.5. The predicted octanol–water partition coefficient (Wildman–Crippen LogP) is 0.561. The van der Waals surface area contributed by atoms with Gasteiger partial charge in [-0.25, -0.2) is 19.6 Å². The van der Waals surface area contributed by atoms with Crippen molar-refractivity contribution in [2.75, 3.05) is 18.1 Å². The molecular weight excluding hydrogens is 382 g/mol. The van der Waals surface area contributed by atoms with Gasteiger partial charge in [0.1, 0.15) is 5.76 Å². The van der Waals surface area contributed by atoms with Gasteiger partial charge in [0, 0.05) is 11.8 Å². The fraction of sp³-hybridized carbons (Fsp3) is 0.235. The number of anilines is 2. The van der Waals surface area contributed by atoms with Crippen molar-refractivity contribution in [1.82, 2.24) is 19.9 Å². The Balaban J connectivity index is 2.30. The molecule has 0 saturated heterocycles. The van der Waals surface area contributed by atoms with Crippen molar-refractivity contribution in [3.8, 4) is 0 Å². The molecule has 152 valence electrons. The number of carboxylic acid groups (broad SMARTS) is 2. The first-order valence-corrected chi connectivity index (χ1v) is 8.28. The Morgan fingerprint density at radius 3 is 2.62 bits per heavy atom. The van der Waals surface area contributed by atoms with Crippen LogP contribution in [0, 0.1) is 0 Å². The van der Waals surface area contributed by atoms with Gasteiger partial charge in [-0.2, -0.15) is 9.97 Å². The number of carbonyl (C=O) groups is 2. The second-order valence-corrected chi connectivity index (χ2v) is 5.64. The molecule has 6 N–H and O–H groups in total. The van der Waals surface area contributed by atoms with E-state index in [9.17, 15) is 9.59 Å². The minimum absolute atomic E-state index is 0.0129. The topological polar surface area (TPSA) is 200 Å². The molecule has 0 atom stereocenters. The number of nitrogens with zero attached hydrogens (tertiary/aromatic N) is 5. The summed E-state index contributed by atoms with van der Waals surface area (Å²) in [6.07, 6.45) is 3.19. The number of ether oxygens (including phenoxy) is 1. The van der Waals surface area contributed by atoms with Crippen LogP contribution in [0.4, 0.5) is 11.8 Å². The zero-order chi connectivity index (χ0) is 21.6. The quantitative estimate of drug-likeness (QED) is 0.198. The van der Waals surface area contributed by atoms with Crippen molar-refractivity contribution in [3.63, 3.8) is 0 Å². The van der Waals surface area contributed by atoms with Crippen LogP contribution >= 0.6 is 0 Å². The molecule has 2 aromatic heterocycles. The van der Waals surface area contributed by atoms with Crippen LogP contribution in [0.2, 0.25) is 0 Å². The molecule has 0 aliphatic heterocycles. The summed E-state index contributed by atoms with van der Waals surface area (Å²) in [4.78, 5) is 42.4. The number of hydrogen-bond acceptors (Lipinski definition) is 10. The number of aliphatic imine (C=N–C) groups is 1. The summed E-state index contributed by atoms with van der Waals surface area (Å²) in [6.45, 7) is 4.55. The van der Waals surface area contributed by atoms with E-state index in [1.807, 2.05) is 0 Å². The minimum atomic E-state index is -1.34. The van der Waals surface area contributed by atoms with E-state index in [0.29, 0.717) is 17.8 Å². The van der Waals surface area contributed by atoms with Gasteiger partial charge in [0.05, 0.1) is 24.0 Å². The molecule has 0 spiro atoms. The molecule has 0 unspecified atom stereocenters. The van der Waals surface area contributed by atoms with E-state index in [1.54, 1.807) is 6.92 Å². The van der Waals surface area contributed by atoms with Crippen LogP contribution in [0.3, 0.4) is 0 Å². The van der Waals surface area contributed by atoms with Gasteiger partial charge in [0.2, 0.25) is 5.95 Å². The SMILES string of the molecule is C=C(C(=O)O)/C(=C\C(CC)=NCc1cnc2nc(N)nc(N)c2n1)OCC(=O)O. The average Bonchev–Trinajstić information content (AvgIpc) is 2.66. The van der Waals surface area contributed by atoms with Crippen LogP contribution in [0.1, 0.15) is 19.0 Å². The molecule has 0 aliphatic carbocycles. The van der Waals surface area contributed by atoms with E-state index in [-0.39, 0.29) is 40.8 Å².